The van der Waals surface area contributed by atoms with E-state index in [4.69, 9.17) is 21.2 Å². The van der Waals surface area contributed by atoms with E-state index in [9.17, 15) is 8.42 Å². The lowest BCUT2D eigenvalue weighted by atomic mass is 10.1. The summed E-state index contributed by atoms with van der Waals surface area (Å²) in [7, 11) is 1.10. The Hall–Kier alpha value is -1.56. The minimum atomic E-state index is -3.98. The Balaban J connectivity index is 3.66. The van der Waals surface area contributed by atoms with E-state index in [0.717, 1.165) is 0 Å². The van der Waals surface area contributed by atoms with Crippen LogP contribution in [-0.2, 0) is 9.05 Å². The molecule has 0 saturated carbocycles. The third kappa shape index (κ3) is 1.85. The topological polar surface area (TPSA) is 81.7 Å². The van der Waals surface area contributed by atoms with E-state index in [1.807, 2.05) is 0 Å². The van der Waals surface area contributed by atoms with Gasteiger partial charge in [-0.05, 0) is 12.1 Å². The van der Waals surface area contributed by atoms with Crippen molar-refractivity contribution in [3.05, 3.63) is 29.3 Å². The van der Waals surface area contributed by atoms with Gasteiger partial charge in [-0.2, -0.15) is 10.5 Å². The van der Waals surface area contributed by atoms with Gasteiger partial charge in [0.2, 0.25) is 0 Å². The highest BCUT2D eigenvalue weighted by molar-refractivity contribution is 8.13. The molecular formula is C8H3ClN2O2S. The van der Waals surface area contributed by atoms with Crippen LogP contribution in [-0.4, -0.2) is 8.42 Å². The molecule has 0 saturated heterocycles. The molecule has 0 aromatic heterocycles. The molecule has 0 N–H and O–H groups in total. The molecule has 0 radical (unpaired) electrons. The molecule has 1 aromatic carbocycles. The SMILES string of the molecule is N#Cc1cccc(S(=O)(=O)Cl)c1C#N. The highest BCUT2D eigenvalue weighted by Gasteiger charge is 2.17. The van der Waals surface area contributed by atoms with Crippen LogP contribution in [0.15, 0.2) is 23.1 Å². The van der Waals surface area contributed by atoms with Crippen molar-refractivity contribution >= 4 is 19.7 Å². The third-order valence-electron chi connectivity index (χ3n) is 1.52. The minimum absolute atomic E-state index is 0.00535. The summed E-state index contributed by atoms with van der Waals surface area (Å²) in [5, 5.41) is 17.3. The average molecular weight is 227 g/mol. The van der Waals surface area contributed by atoms with Crippen LogP contribution < -0.4 is 0 Å². The monoisotopic (exact) mass is 226 g/mol. The maximum atomic E-state index is 11.0. The van der Waals surface area contributed by atoms with Crippen LogP contribution >= 0.6 is 10.7 Å². The molecule has 0 unspecified atom stereocenters. The molecule has 0 aliphatic carbocycles. The third-order valence-corrected chi connectivity index (χ3v) is 2.89. The molecule has 6 heteroatoms. The lowest BCUT2D eigenvalue weighted by Gasteiger charge is -1.99. The van der Waals surface area contributed by atoms with Gasteiger partial charge in [0.1, 0.15) is 17.0 Å². The molecular weight excluding hydrogens is 224 g/mol. The van der Waals surface area contributed by atoms with Gasteiger partial charge in [-0.1, -0.05) is 6.07 Å². The molecule has 0 aliphatic heterocycles. The second kappa shape index (κ2) is 3.67. The van der Waals surface area contributed by atoms with E-state index in [0.29, 0.717) is 0 Å². The predicted octanol–water partition coefficient (Wildman–Crippen LogP) is 1.36. The predicted molar refractivity (Wildman–Crippen MR) is 48.9 cm³/mol. The standard InChI is InChI=1S/C8H3ClN2O2S/c9-14(12,13)8-3-1-2-6(4-10)7(8)5-11/h1-3H. The second-order valence-electron chi connectivity index (χ2n) is 2.34. The van der Waals surface area contributed by atoms with Crippen LogP contribution in [0.1, 0.15) is 11.1 Å². The van der Waals surface area contributed by atoms with Crippen molar-refractivity contribution in [1.29, 1.82) is 10.5 Å². The molecule has 70 valence electrons. The van der Waals surface area contributed by atoms with Crippen LogP contribution in [0.5, 0.6) is 0 Å². The molecule has 0 heterocycles. The summed E-state index contributed by atoms with van der Waals surface area (Å²) in [5.41, 5.74) is -0.223. The van der Waals surface area contributed by atoms with E-state index in [1.54, 1.807) is 12.1 Å². The largest absolute Gasteiger partial charge is 0.262 e. The smallest absolute Gasteiger partial charge is 0.207 e. The molecule has 0 bridgehead atoms. The summed E-state index contributed by atoms with van der Waals surface area (Å²) in [4.78, 5) is -0.333. The van der Waals surface area contributed by atoms with Gasteiger partial charge in [0.15, 0.2) is 0 Å². The van der Waals surface area contributed by atoms with Gasteiger partial charge < -0.3 is 0 Å². The summed E-state index contributed by atoms with van der Waals surface area (Å²) >= 11 is 0. The fraction of sp³-hybridized carbons (Fsp3) is 0. The van der Waals surface area contributed by atoms with Crippen LogP contribution in [0, 0.1) is 22.7 Å². The molecule has 0 spiro atoms. The molecule has 14 heavy (non-hydrogen) atoms. The zero-order valence-electron chi connectivity index (χ0n) is 6.73. The Kier molecular flexibility index (Phi) is 2.76. The van der Waals surface area contributed by atoms with Crippen molar-refractivity contribution in [2.75, 3.05) is 0 Å². The zero-order chi connectivity index (χ0) is 10.8. The molecule has 1 rings (SSSR count). The van der Waals surface area contributed by atoms with E-state index in [1.165, 1.54) is 18.2 Å². The molecule has 0 amide bonds. The first-order valence-electron chi connectivity index (χ1n) is 3.38. The first-order valence-corrected chi connectivity index (χ1v) is 5.69. The fourth-order valence-corrected chi connectivity index (χ4v) is 1.97. The summed E-state index contributed by atoms with van der Waals surface area (Å²) in [6.07, 6.45) is 0. The molecule has 4 nitrogen and oxygen atoms in total. The highest BCUT2D eigenvalue weighted by atomic mass is 35.7. The maximum absolute atomic E-state index is 11.0. The van der Waals surface area contributed by atoms with Gasteiger partial charge in [0.05, 0.1) is 11.1 Å². The van der Waals surface area contributed by atoms with Crippen LogP contribution in [0.2, 0.25) is 0 Å². The van der Waals surface area contributed by atoms with E-state index in [2.05, 4.69) is 0 Å². The van der Waals surface area contributed by atoms with Crippen LogP contribution in [0.3, 0.4) is 0 Å². The number of halogens is 1. The number of benzene rings is 1. The van der Waals surface area contributed by atoms with Crippen molar-refractivity contribution in [2.24, 2.45) is 0 Å². The second-order valence-corrected chi connectivity index (χ2v) is 4.87. The maximum Gasteiger partial charge on any atom is 0.262 e. The van der Waals surface area contributed by atoms with Crippen LogP contribution in [0.4, 0.5) is 0 Å². The highest BCUT2D eigenvalue weighted by Crippen LogP contribution is 2.21. The van der Waals surface area contributed by atoms with E-state index in [-0.39, 0.29) is 16.0 Å². The van der Waals surface area contributed by atoms with E-state index >= 15 is 0 Å². The minimum Gasteiger partial charge on any atom is -0.207 e. The number of rotatable bonds is 1. The first kappa shape index (κ1) is 10.5. The quantitative estimate of drug-likeness (QED) is 0.677. The molecule has 1 aromatic rings. The Labute approximate surface area is 85.4 Å². The van der Waals surface area contributed by atoms with Gasteiger partial charge in [-0.25, -0.2) is 8.42 Å². The van der Waals surface area contributed by atoms with Gasteiger partial charge in [0, 0.05) is 10.7 Å². The molecule has 0 atom stereocenters. The van der Waals surface area contributed by atoms with Crippen molar-refractivity contribution in [3.8, 4) is 12.1 Å². The van der Waals surface area contributed by atoms with Crippen molar-refractivity contribution in [3.63, 3.8) is 0 Å². The van der Waals surface area contributed by atoms with E-state index < -0.39 is 9.05 Å². The number of hydrogen-bond donors (Lipinski definition) is 0. The number of nitriles is 2. The summed E-state index contributed by atoms with van der Waals surface area (Å²) in [6, 6.07) is 7.24. The van der Waals surface area contributed by atoms with Crippen LogP contribution in [0.25, 0.3) is 0 Å². The zero-order valence-corrected chi connectivity index (χ0v) is 8.30. The van der Waals surface area contributed by atoms with Gasteiger partial charge in [0.25, 0.3) is 9.05 Å². The number of hydrogen-bond acceptors (Lipinski definition) is 4. The molecule has 0 fully saturated rings. The summed E-state index contributed by atoms with van der Waals surface area (Å²) in [5.74, 6) is 0. The van der Waals surface area contributed by atoms with Gasteiger partial charge in [-0.15, -0.1) is 0 Å². The van der Waals surface area contributed by atoms with Crippen molar-refractivity contribution in [1.82, 2.24) is 0 Å². The Bertz CT molecular complexity index is 552. The average Bonchev–Trinajstić information content (AvgIpc) is 2.15. The first-order chi connectivity index (χ1) is 6.50. The summed E-state index contributed by atoms with van der Waals surface area (Å²) < 4.78 is 22.0. The Morgan fingerprint density at radius 3 is 2.29 bits per heavy atom. The van der Waals surface area contributed by atoms with Crippen molar-refractivity contribution in [2.45, 2.75) is 4.90 Å². The lowest BCUT2D eigenvalue weighted by molar-refractivity contribution is 0.609. The Morgan fingerprint density at radius 1 is 1.21 bits per heavy atom. The summed E-state index contributed by atoms with van der Waals surface area (Å²) in [6.45, 7) is 0. The fourth-order valence-electron chi connectivity index (χ4n) is 0.943. The number of nitrogens with zero attached hydrogens (tertiary/aromatic N) is 2. The normalized spacial score (nSPS) is 10.2. The van der Waals surface area contributed by atoms with Gasteiger partial charge in [-0.3, -0.25) is 0 Å². The molecule has 0 aliphatic rings. The lowest BCUT2D eigenvalue weighted by Crippen LogP contribution is -1.97. The Morgan fingerprint density at radius 2 is 1.86 bits per heavy atom. The van der Waals surface area contributed by atoms with Crippen molar-refractivity contribution < 1.29 is 8.42 Å². The van der Waals surface area contributed by atoms with Gasteiger partial charge >= 0.3 is 0 Å².